The van der Waals surface area contributed by atoms with Crippen LogP contribution in [0, 0.1) is 0 Å². The fourth-order valence-electron chi connectivity index (χ4n) is 5.49. The van der Waals surface area contributed by atoms with Crippen molar-refractivity contribution in [2.75, 3.05) is 26.7 Å². The number of fused-ring (bicyclic) bond motifs is 3. The first kappa shape index (κ1) is 22.8. The number of methoxy groups -OCH3 is 1. The number of aromatic amines is 1. The number of imidazole rings is 1. The molecular formula is C29H30N4O3. The average Bonchev–Trinajstić information content (AvgIpc) is 3.15. The Morgan fingerprint density at radius 2 is 2.06 bits per heavy atom. The number of rotatable bonds is 5. The summed E-state index contributed by atoms with van der Waals surface area (Å²) in [7, 11) is 1.71. The van der Waals surface area contributed by atoms with Crippen molar-refractivity contribution >= 4 is 16.6 Å². The zero-order valence-electron chi connectivity index (χ0n) is 20.4. The lowest BCUT2D eigenvalue weighted by molar-refractivity contribution is 0.164. The quantitative estimate of drug-likeness (QED) is 0.575. The zero-order valence-corrected chi connectivity index (χ0v) is 20.4. The number of hydrogen-bond donors (Lipinski definition) is 1. The van der Waals surface area contributed by atoms with Gasteiger partial charge in [0, 0.05) is 50.1 Å². The molecule has 0 amide bonds. The van der Waals surface area contributed by atoms with Crippen LogP contribution in [0.15, 0.2) is 89.1 Å². The molecule has 6 rings (SSSR count). The van der Waals surface area contributed by atoms with Crippen LogP contribution >= 0.6 is 0 Å². The second-order valence-electron chi connectivity index (χ2n) is 9.47. The van der Waals surface area contributed by atoms with Crippen LogP contribution in [0.25, 0.3) is 16.6 Å². The van der Waals surface area contributed by atoms with Gasteiger partial charge in [0.1, 0.15) is 11.9 Å². The number of likely N-dealkylation sites (tertiary alicyclic amines) is 1. The monoisotopic (exact) mass is 482 g/mol. The second-order valence-corrected chi connectivity index (χ2v) is 9.47. The summed E-state index contributed by atoms with van der Waals surface area (Å²) in [6.45, 7) is 2.92. The summed E-state index contributed by atoms with van der Waals surface area (Å²) in [4.78, 5) is 22.6. The predicted octanol–water partition coefficient (Wildman–Crippen LogP) is 4.62. The zero-order chi connectivity index (χ0) is 24.5. The van der Waals surface area contributed by atoms with Gasteiger partial charge in [0.05, 0.1) is 11.0 Å². The predicted molar refractivity (Wildman–Crippen MR) is 141 cm³/mol. The van der Waals surface area contributed by atoms with Crippen molar-refractivity contribution < 1.29 is 9.47 Å². The van der Waals surface area contributed by atoms with E-state index in [1.807, 2.05) is 53.1 Å². The summed E-state index contributed by atoms with van der Waals surface area (Å²) in [6.07, 6.45) is 14.9. The number of allylic oxidation sites excluding steroid dienone is 4. The van der Waals surface area contributed by atoms with Crippen molar-refractivity contribution in [3.63, 3.8) is 0 Å². The van der Waals surface area contributed by atoms with Crippen LogP contribution in [0.5, 0.6) is 5.88 Å². The van der Waals surface area contributed by atoms with E-state index in [2.05, 4.69) is 33.1 Å². The lowest BCUT2D eigenvalue weighted by atomic mass is 9.97. The first-order chi connectivity index (χ1) is 17.7. The van der Waals surface area contributed by atoms with Crippen LogP contribution in [0.1, 0.15) is 30.9 Å². The molecule has 4 heterocycles. The minimum Gasteiger partial charge on any atom is -0.438 e. The molecule has 0 saturated carbocycles. The Labute approximate surface area is 210 Å². The Morgan fingerprint density at radius 3 is 2.92 bits per heavy atom. The highest BCUT2D eigenvalue weighted by molar-refractivity contribution is 5.80. The van der Waals surface area contributed by atoms with Gasteiger partial charge in [0.15, 0.2) is 0 Å². The van der Waals surface area contributed by atoms with E-state index in [4.69, 9.17) is 9.47 Å². The van der Waals surface area contributed by atoms with E-state index in [0.717, 1.165) is 72.4 Å². The molecule has 1 saturated heterocycles. The Morgan fingerprint density at radius 1 is 1.19 bits per heavy atom. The Bertz CT molecular complexity index is 1450. The number of para-hydroxylation sites is 2. The summed E-state index contributed by atoms with van der Waals surface area (Å²) < 4.78 is 13.8. The standard InChI is InChI=1S/C29H30N4O3/c1-35-26-11-4-12-27-23(26)19-20(22-8-5-15-30-28(22)36-27)7-6-16-32-17-13-21(14-18-32)33-25-10-3-2-9-24(25)31-29(33)34/h2-5,7-12,15,19,21,26H,6,13-14,16-18H2,1H3,(H,31,34). The molecule has 0 spiro atoms. The van der Waals surface area contributed by atoms with Crippen LogP contribution in [-0.4, -0.2) is 52.3 Å². The number of nitrogens with one attached hydrogen (secondary N) is 1. The third kappa shape index (κ3) is 4.25. The molecule has 1 fully saturated rings. The van der Waals surface area contributed by atoms with E-state index in [0.29, 0.717) is 5.88 Å². The van der Waals surface area contributed by atoms with Gasteiger partial charge in [-0.05, 0) is 61.3 Å². The van der Waals surface area contributed by atoms with Crippen LogP contribution in [-0.2, 0) is 4.74 Å². The van der Waals surface area contributed by atoms with Crippen molar-refractivity contribution in [3.8, 4) is 5.88 Å². The van der Waals surface area contributed by atoms with Gasteiger partial charge in [0.25, 0.3) is 0 Å². The second kappa shape index (κ2) is 9.76. The fourth-order valence-corrected chi connectivity index (χ4v) is 5.49. The van der Waals surface area contributed by atoms with Crippen LogP contribution < -0.4 is 10.4 Å². The fraction of sp³-hybridized carbons (Fsp3) is 0.310. The summed E-state index contributed by atoms with van der Waals surface area (Å²) in [5, 5.41) is 0. The molecule has 1 aromatic carbocycles. The van der Waals surface area contributed by atoms with E-state index in [1.165, 1.54) is 0 Å². The van der Waals surface area contributed by atoms with Gasteiger partial charge in [0.2, 0.25) is 5.88 Å². The summed E-state index contributed by atoms with van der Waals surface area (Å²) in [5.74, 6) is 1.40. The van der Waals surface area contributed by atoms with Crippen LogP contribution in [0.3, 0.4) is 0 Å². The lowest BCUT2D eigenvalue weighted by Crippen LogP contribution is -2.37. The average molecular weight is 483 g/mol. The van der Waals surface area contributed by atoms with Gasteiger partial charge in [-0.15, -0.1) is 0 Å². The molecular weight excluding hydrogens is 452 g/mol. The number of pyridine rings is 1. The smallest absolute Gasteiger partial charge is 0.326 e. The van der Waals surface area contributed by atoms with E-state index in [9.17, 15) is 4.79 Å². The molecule has 1 N–H and O–H groups in total. The largest absolute Gasteiger partial charge is 0.438 e. The number of aromatic nitrogens is 3. The maximum Gasteiger partial charge on any atom is 0.326 e. The van der Waals surface area contributed by atoms with Crippen molar-refractivity contribution in [2.45, 2.75) is 31.4 Å². The number of ether oxygens (including phenoxy) is 2. The normalized spacial score (nSPS) is 21.5. The maximum absolute atomic E-state index is 12.6. The number of benzene rings is 1. The molecule has 7 heteroatoms. The third-order valence-electron chi connectivity index (χ3n) is 7.33. The van der Waals surface area contributed by atoms with Crippen molar-refractivity contribution in [3.05, 3.63) is 100 Å². The van der Waals surface area contributed by atoms with E-state index in [-0.39, 0.29) is 17.8 Å². The maximum atomic E-state index is 12.6. The van der Waals surface area contributed by atoms with Crippen LogP contribution in [0.2, 0.25) is 0 Å². The SMILES string of the molecule is COC1C=CC=C2Oc3ncccc3C(=CCCN3CCC(n4c(=O)[nH]c5ccccc54)CC3)C=C21. The summed E-state index contributed by atoms with van der Waals surface area (Å²) in [5.41, 5.74) is 5.02. The minimum absolute atomic E-state index is 0.00406. The molecule has 1 unspecified atom stereocenters. The summed E-state index contributed by atoms with van der Waals surface area (Å²) in [6, 6.07) is 12.2. The first-order valence-corrected chi connectivity index (χ1v) is 12.6. The Balaban J connectivity index is 1.16. The van der Waals surface area contributed by atoms with E-state index < -0.39 is 0 Å². The molecule has 184 valence electrons. The van der Waals surface area contributed by atoms with Gasteiger partial charge in [-0.25, -0.2) is 9.78 Å². The van der Waals surface area contributed by atoms with Gasteiger partial charge >= 0.3 is 5.69 Å². The Kier molecular flexibility index (Phi) is 6.17. The highest BCUT2D eigenvalue weighted by Gasteiger charge is 2.26. The molecule has 36 heavy (non-hydrogen) atoms. The van der Waals surface area contributed by atoms with Crippen molar-refractivity contribution in [1.29, 1.82) is 0 Å². The molecule has 1 aliphatic carbocycles. The molecule has 0 radical (unpaired) electrons. The van der Waals surface area contributed by atoms with Gasteiger partial charge < -0.3 is 19.4 Å². The highest BCUT2D eigenvalue weighted by Crippen LogP contribution is 2.36. The van der Waals surface area contributed by atoms with E-state index >= 15 is 0 Å². The lowest BCUT2D eigenvalue weighted by Gasteiger charge is -2.32. The molecule has 2 aromatic heterocycles. The molecule has 3 aliphatic rings. The van der Waals surface area contributed by atoms with Crippen molar-refractivity contribution in [1.82, 2.24) is 19.4 Å². The third-order valence-corrected chi connectivity index (χ3v) is 7.33. The van der Waals surface area contributed by atoms with Crippen LogP contribution in [0.4, 0.5) is 0 Å². The minimum atomic E-state index is -0.144. The van der Waals surface area contributed by atoms with Gasteiger partial charge in [-0.3, -0.25) is 4.57 Å². The molecule has 3 aromatic rings. The number of nitrogens with zero attached hydrogens (tertiary/aromatic N) is 3. The topological polar surface area (TPSA) is 72.4 Å². The molecule has 7 nitrogen and oxygen atoms in total. The van der Waals surface area contributed by atoms with Gasteiger partial charge in [-0.1, -0.05) is 30.4 Å². The highest BCUT2D eigenvalue weighted by atomic mass is 16.5. The number of piperidine rings is 1. The number of H-pyrrole nitrogens is 1. The molecule has 1 atom stereocenters. The molecule has 2 aliphatic heterocycles. The number of hydrogen-bond acceptors (Lipinski definition) is 5. The molecule has 0 bridgehead atoms. The Hall–Kier alpha value is -3.68. The van der Waals surface area contributed by atoms with E-state index in [1.54, 1.807) is 13.3 Å². The van der Waals surface area contributed by atoms with Crippen molar-refractivity contribution in [2.24, 2.45) is 0 Å². The summed E-state index contributed by atoms with van der Waals surface area (Å²) >= 11 is 0. The first-order valence-electron chi connectivity index (χ1n) is 12.6. The van der Waals surface area contributed by atoms with Gasteiger partial charge in [-0.2, -0.15) is 0 Å².